The van der Waals surface area contributed by atoms with Gasteiger partial charge in [0.2, 0.25) is 0 Å². The molecule has 0 saturated heterocycles. The van der Waals surface area contributed by atoms with Gasteiger partial charge in [-0.25, -0.2) is 0 Å². The Labute approximate surface area is 150 Å². The minimum atomic E-state index is -4.56. The SMILES string of the molecule is CC1=C(C#N)[C@H](c2ccccc2C(F)(F)F)C2=C(CC(C)(C)CC2=O)N1. The number of rotatable bonds is 1. The third-order valence-corrected chi connectivity index (χ3v) is 4.94. The van der Waals surface area contributed by atoms with Gasteiger partial charge in [-0.3, -0.25) is 4.79 Å². The predicted octanol–water partition coefficient (Wildman–Crippen LogP) is 4.83. The third kappa shape index (κ3) is 3.03. The van der Waals surface area contributed by atoms with Gasteiger partial charge in [-0.05, 0) is 30.4 Å². The third-order valence-electron chi connectivity index (χ3n) is 4.94. The van der Waals surface area contributed by atoms with Crippen LogP contribution in [0.1, 0.15) is 50.7 Å². The summed E-state index contributed by atoms with van der Waals surface area (Å²) in [6, 6.07) is 7.20. The number of dihydropyridines is 1. The van der Waals surface area contributed by atoms with Crippen LogP contribution < -0.4 is 5.32 Å². The monoisotopic (exact) mass is 360 g/mol. The number of nitrogens with one attached hydrogen (secondary N) is 1. The summed E-state index contributed by atoms with van der Waals surface area (Å²) >= 11 is 0. The van der Waals surface area contributed by atoms with Gasteiger partial charge in [0.1, 0.15) is 0 Å². The number of Topliss-reactive ketones (excluding diaryl/α,β-unsaturated/α-hetero) is 1. The van der Waals surface area contributed by atoms with E-state index >= 15 is 0 Å². The molecule has 0 saturated carbocycles. The number of benzene rings is 1. The molecule has 0 aromatic heterocycles. The van der Waals surface area contributed by atoms with Gasteiger partial charge in [-0.15, -0.1) is 0 Å². The molecule has 0 amide bonds. The molecule has 0 radical (unpaired) electrons. The van der Waals surface area contributed by atoms with Crippen LogP contribution in [0.5, 0.6) is 0 Å². The van der Waals surface area contributed by atoms with Crippen LogP contribution in [0.3, 0.4) is 0 Å². The number of hydrogen-bond donors (Lipinski definition) is 1. The van der Waals surface area contributed by atoms with Gasteiger partial charge < -0.3 is 5.32 Å². The quantitative estimate of drug-likeness (QED) is 0.780. The van der Waals surface area contributed by atoms with Crippen LogP contribution in [0.25, 0.3) is 0 Å². The molecule has 1 aliphatic heterocycles. The Hall–Kier alpha value is -2.55. The molecule has 0 spiro atoms. The Morgan fingerprint density at radius 3 is 2.50 bits per heavy atom. The first-order valence-electron chi connectivity index (χ1n) is 8.35. The molecule has 0 bridgehead atoms. The molecule has 3 nitrogen and oxygen atoms in total. The van der Waals surface area contributed by atoms with Gasteiger partial charge >= 0.3 is 6.18 Å². The number of carbonyl (C=O) groups excluding carboxylic acids is 1. The van der Waals surface area contributed by atoms with E-state index in [0.29, 0.717) is 23.4 Å². The molecular weight excluding hydrogens is 341 g/mol. The first kappa shape index (κ1) is 18.2. The maximum absolute atomic E-state index is 13.6. The van der Waals surface area contributed by atoms with E-state index < -0.39 is 17.7 Å². The molecule has 136 valence electrons. The molecule has 6 heteroatoms. The molecule has 2 aliphatic rings. The van der Waals surface area contributed by atoms with Crippen molar-refractivity contribution in [2.75, 3.05) is 0 Å². The minimum Gasteiger partial charge on any atom is -0.361 e. The normalized spacial score (nSPS) is 22.7. The zero-order valence-electron chi connectivity index (χ0n) is 14.8. The number of nitrogens with zero attached hydrogens (tertiary/aromatic N) is 1. The van der Waals surface area contributed by atoms with Gasteiger partial charge in [0, 0.05) is 23.4 Å². The molecule has 1 atom stereocenters. The number of alkyl halides is 3. The Morgan fingerprint density at radius 2 is 1.88 bits per heavy atom. The van der Waals surface area contributed by atoms with Crippen LogP contribution in [0, 0.1) is 16.7 Å². The van der Waals surface area contributed by atoms with Crippen LogP contribution in [-0.4, -0.2) is 5.78 Å². The van der Waals surface area contributed by atoms with Crippen molar-refractivity contribution in [3.8, 4) is 6.07 Å². The van der Waals surface area contributed by atoms with Crippen molar-refractivity contribution in [1.82, 2.24) is 5.32 Å². The summed E-state index contributed by atoms with van der Waals surface area (Å²) in [7, 11) is 0. The Balaban J connectivity index is 2.27. The summed E-state index contributed by atoms with van der Waals surface area (Å²) < 4.78 is 40.7. The molecule has 0 unspecified atom stereocenters. The molecule has 3 rings (SSSR count). The number of allylic oxidation sites excluding steroid dienone is 4. The predicted molar refractivity (Wildman–Crippen MR) is 90.7 cm³/mol. The number of nitriles is 1. The fraction of sp³-hybridized carbons (Fsp3) is 0.400. The average molecular weight is 360 g/mol. The maximum atomic E-state index is 13.6. The smallest absolute Gasteiger partial charge is 0.361 e. The Kier molecular flexibility index (Phi) is 4.22. The second kappa shape index (κ2) is 6.01. The lowest BCUT2D eigenvalue weighted by Crippen LogP contribution is -2.37. The average Bonchev–Trinajstić information content (AvgIpc) is 2.51. The Morgan fingerprint density at radius 1 is 1.23 bits per heavy atom. The van der Waals surface area contributed by atoms with Crippen LogP contribution in [-0.2, 0) is 11.0 Å². The van der Waals surface area contributed by atoms with E-state index in [2.05, 4.69) is 5.32 Å². The fourth-order valence-electron chi connectivity index (χ4n) is 3.90. The molecule has 1 N–H and O–H groups in total. The van der Waals surface area contributed by atoms with Crippen molar-refractivity contribution in [1.29, 1.82) is 5.26 Å². The summed E-state index contributed by atoms with van der Waals surface area (Å²) in [5.41, 5.74) is 0.455. The number of carbonyl (C=O) groups is 1. The fourth-order valence-corrected chi connectivity index (χ4v) is 3.90. The second-order valence-electron chi connectivity index (χ2n) is 7.63. The van der Waals surface area contributed by atoms with E-state index in [4.69, 9.17) is 0 Å². The highest BCUT2D eigenvalue weighted by Gasteiger charge is 2.44. The van der Waals surface area contributed by atoms with Gasteiger partial charge in [0.05, 0.1) is 23.1 Å². The number of hydrogen-bond acceptors (Lipinski definition) is 3. The lowest BCUT2D eigenvalue weighted by atomic mass is 9.68. The van der Waals surface area contributed by atoms with Gasteiger partial charge in [0.25, 0.3) is 0 Å². The van der Waals surface area contributed by atoms with Crippen molar-refractivity contribution in [2.24, 2.45) is 5.41 Å². The highest BCUT2D eigenvalue weighted by Crippen LogP contribution is 2.48. The van der Waals surface area contributed by atoms with Crippen molar-refractivity contribution in [3.63, 3.8) is 0 Å². The van der Waals surface area contributed by atoms with Crippen molar-refractivity contribution in [2.45, 2.75) is 45.7 Å². The van der Waals surface area contributed by atoms with E-state index in [9.17, 15) is 23.2 Å². The van der Waals surface area contributed by atoms with E-state index in [1.165, 1.54) is 18.2 Å². The topological polar surface area (TPSA) is 52.9 Å². The van der Waals surface area contributed by atoms with E-state index in [0.717, 1.165) is 6.07 Å². The lowest BCUT2D eigenvalue weighted by Gasteiger charge is -2.39. The molecule has 1 aromatic carbocycles. The lowest BCUT2D eigenvalue weighted by molar-refractivity contribution is -0.138. The van der Waals surface area contributed by atoms with Crippen LogP contribution in [0.15, 0.2) is 46.8 Å². The van der Waals surface area contributed by atoms with E-state index in [-0.39, 0.29) is 28.8 Å². The standard InChI is InChI=1S/C20H19F3N2O/c1-11-13(10-24)17(12-6-4-5-7-14(12)20(21,22)23)18-15(25-11)8-19(2,3)9-16(18)26/h4-7,17,25H,8-9H2,1-3H3/t17-/m0/s1. The van der Waals surface area contributed by atoms with E-state index in [1.54, 1.807) is 6.92 Å². The number of halogens is 3. The molecular formula is C20H19F3N2O. The first-order valence-corrected chi connectivity index (χ1v) is 8.35. The molecule has 0 fully saturated rings. The highest BCUT2D eigenvalue weighted by atomic mass is 19.4. The summed E-state index contributed by atoms with van der Waals surface area (Å²) in [6.07, 6.45) is -3.77. The van der Waals surface area contributed by atoms with Crippen LogP contribution in [0.2, 0.25) is 0 Å². The van der Waals surface area contributed by atoms with Crippen molar-refractivity contribution in [3.05, 3.63) is 57.9 Å². The summed E-state index contributed by atoms with van der Waals surface area (Å²) in [5, 5.41) is 12.7. The zero-order chi connectivity index (χ0) is 19.3. The highest BCUT2D eigenvalue weighted by molar-refractivity contribution is 6.00. The minimum absolute atomic E-state index is 0.0436. The molecule has 1 aromatic rings. The second-order valence-corrected chi connectivity index (χ2v) is 7.63. The molecule has 26 heavy (non-hydrogen) atoms. The Bertz CT molecular complexity index is 885. The van der Waals surface area contributed by atoms with Gasteiger partial charge in [-0.2, -0.15) is 18.4 Å². The van der Waals surface area contributed by atoms with Crippen molar-refractivity contribution < 1.29 is 18.0 Å². The summed E-state index contributed by atoms with van der Waals surface area (Å²) in [5.74, 6) is -1.19. The van der Waals surface area contributed by atoms with Crippen LogP contribution in [0.4, 0.5) is 13.2 Å². The molecule has 1 aliphatic carbocycles. The first-order chi connectivity index (χ1) is 12.0. The molecule has 1 heterocycles. The van der Waals surface area contributed by atoms with Crippen molar-refractivity contribution >= 4 is 5.78 Å². The van der Waals surface area contributed by atoms with Gasteiger partial charge in [-0.1, -0.05) is 32.0 Å². The summed E-state index contributed by atoms with van der Waals surface area (Å²) in [6.45, 7) is 5.57. The van der Waals surface area contributed by atoms with Crippen LogP contribution >= 0.6 is 0 Å². The maximum Gasteiger partial charge on any atom is 0.416 e. The zero-order valence-corrected chi connectivity index (χ0v) is 14.8. The number of ketones is 1. The van der Waals surface area contributed by atoms with Gasteiger partial charge in [0.15, 0.2) is 5.78 Å². The summed E-state index contributed by atoms with van der Waals surface area (Å²) in [4.78, 5) is 12.8. The van der Waals surface area contributed by atoms with E-state index in [1.807, 2.05) is 19.9 Å². The largest absolute Gasteiger partial charge is 0.416 e.